The summed E-state index contributed by atoms with van der Waals surface area (Å²) in [6.45, 7) is 20.0. The van der Waals surface area contributed by atoms with E-state index < -0.39 is 0 Å². The first-order chi connectivity index (χ1) is 24.0. The van der Waals surface area contributed by atoms with E-state index in [2.05, 4.69) is 152 Å². The minimum absolute atomic E-state index is 0. The van der Waals surface area contributed by atoms with Crippen LogP contribution in [0.5, 0.6) is 11.5 Å². The molecule has 262 valence electrons. The largest absolute Gasteiger partial charge is 2.00 e. The van der Waals surface area contributed by atoms with Gasteiger partial charge in [-0.2, -0.15) is 11.2 Å². The van der Waals surface area contributed by atoms with Crippen LogP contribution in [0.1, 0.15) is 99.9 Å². The molecular formula is C45H46N4OPt. The summed E-state index contributed by atoms with van der Waals surface area (Å²) >= 11 is 0. The van der Waals surface area contributed by atoms with Gasteiger partial charge >= 0.3 is 21.1 Å². The molecule has 7 rings (SSSR count). The molecule has 0 fully saturated rings. The van der Waals surface area contributed by atoms with E-state index in [9.17, 15) is 0 Å². The van der Waals surface area contributed by atoms with Crippen molar-refractivity contribution in [3.63, 3.8) is 0 Å². The average molecular weight is 854 g/mol. The van der Waals surface area contributed by atoms with Gasteiger partial charge in [0.1, 0.15) is 5.82 Å². The molecule has 0 saturated carbocycles. The molecule has 6 heteroatoms. The van der Waals surface area contributed by atoms with Gasteiger partial charge in [-0.1, -0.05) is 90.4 Å². The number of benzene rings is 4. The van der Waals surface area contributed by atoms with Crippen molar-refractivity contribution < 1.29 is 25.8 Å². The van der Waals surface area contributed by atoms with E-state index in [1.165, 1.54) is 27.8 Å². The van der Waals surface area contributed by atoms with E-state index in [0.29, 0.717) is 23.3 Å². The normalized spacial score (nSPS) is 11.7. The van der Waals surface area contributed by atoms with Crippen molar-refractivity contribution in [1.82, 2.24) is 19.3 Å². The molecule has 3 heterocycles. The van der Waals surface area contributed by atoms with Gasteiger partial charge < -0.3 is 9.30 Å². The van der Waals surface area contributed by atoms with E-state index >= 15 is 0 Å². The van der Waals surface area contributed by atoms with Gasteiger partial charge in [0.15, 0.2) is 0 Å². The Hall–Kier alpha value is -4.47. The molecule has 51 heavy (non-hydrogen) atoms. The molecule has 0 saturated heterocycles. The molecule has 0 aliphatic carbocycles. The standard InChI is InChI=1S/C45H46N4O.Pt/c1-10-32-20-21-46-43(22-32)48-41-17-12-11-14-39(41)40-19-18-35(26-42(40)48)50-36-24-33(27(2)3)23-34(25-36)49-31(9)44(30(8)47-49)45-37(28(4)5)15-13-16-38(45)29(6)7;/h11-24,27-29H,10H2,1-9H3;/q-2;+2. The van der Waals surface area contributed by atoms with Crippen LogP contribution in [0.2, 0.25) is 0 Å². The fourth-order valence-corrected chi connectivity index (χ4v) is 7.22. The maximum Gasteiger partial charge on any atom is 2.00 e. The molecule has 0 unspecified atom stereocenters. The van der Waals surface area contributed by atoms with E-state index in [4.69, 9.17) is 14.8 Å². The number of para-hydroxylation sites is 1. The van der Waals surface area contributed by atoms with Crippen molar-refractivity contribution in [2.75, 3.05) is 0 Å². The summed E-state index contributed by atoms with van der Waals surface area (Å²) in [5.74, 6) is 3.19. The molecule has 0 amide bonds. The molecule has 7 aromatic rings. The zero-order chi connectivity index (χ0) is 35.3. The monoisotopic (exact) mass is 853 g/mol. The van der Waals surface area contributed by atoms with Gasteiger partial charge in [-0.05, 0) is 89.5 Å². The Morgan fingerprint density at radius 3 is 2.14 bits per heavy atom. The van der Waals surface area contributed by atoms with Crippen LogP contribution in [0.4, 0.5) is 0 Å². The average Bonchev–Trinajstić information content (AvgIpc) is 3.59. The molecule has 0 spiro atoms. The minimum atomic E-state index is 0. The second-order valence-corrected chi connectivity index (χ2v) is 14.3. The number of aromatic nitrogens is 4. The number of fused-ring (bicyclic) bond motifs is 3. The second kappa shape index (κ2) is 14.6. The van der Waals surface area contributed by atoms with Gasteiger partial charge in [0.25, 0.3) is 0 Å². The summed E-state index contributed by atoms with van der Waals surface area (Å²) in [4.78, 5) is 4.78. The van der Waals surface area contributed by atoms with Crippen LogP contribution in [-0.2, 0) is 27.5 Å². The zero-order valence-electron chi connectivity index (χ0n) is 31.0. The predicted octanol–water partition coefficient (Wildman–Crippen LogP) is 12.0. The maximum atomic E-state index is 6.65. The number of pyridine rings is 1. The number of rotatable bonds is 9. The summed E-state index contributed by atoms with van der Waals surface area (Å²) in [6.07, 6.45) is 2.83. The third-order valence-electron chi connectivity index (χ3n) is 9.89. The van der Waals surface area contributed by atoms with Crippen LogP contribution in [0.3, 0.4) is 0 Å². The van der Waals surface area contributed by atoms with Gasteiger partial charge in [0.05, 0.1) is 5.69 Å². The third kappa shape index (κ3) is 6.69. The van der Waals surface area contributed by atoms with Crippen LogP contribution in [0, 0.1) is 26.0 Å². The zero-order valence-corrected chi connectivity index (χ0v) is 33.3. The maximum absolute atomic E-state index is 6.65. The SMILES string of the molecule is CCc1ccnc(-n2c3[c-]c(Oc4[c-]c(-n5nc(C)c(-c6c(C(C)C)cccc6C(C)C)c5C)cc(C(C)C)c4)ccc3c3ccccc32)c1.[Pt+2]. The smallest absolute Gasteiger partial charge is 0.509 e. The van der Waals surface area contributed by atoms with Crippen molar-refractivity contribution in [1.29, 1.82) is 0 Å². The molecule has 5 nitrogen and oxygen atoms in total. The first kappa shape index (κ1) is 36.3. The van der Waals surface area contributed by atoms with Crippen LogP contribution in [0.25, 0.3) is 44.4 Å². The number of ether oxygens (including phenoxy) is 1. The predicted molar refractivity (Wildman–Crippen MR) is 206 cm³/mol. The Kier molecular flexibility index (Phi) is 10.4. The van der Waals surface area contributed by atoms with Gasteiger partial charge in [-0.15, -0.1) is 41.3 Å². The van der Waals surface area contributed by atoms with Crippen LogP contribution in [0.15, 0.2) is 85.1 Å². The molecule has 0 N–H and O–H groups in total. The first-order valence-electron chi connectivity index (χ1n) is 17.9. The summed E-state index contributed by atoms with van der Waals surface area (Å²) in [5, 5.41) is 7.41. The van der Waals surface area contributed by atoms with Gasteiger partial charge in [-0.25, -0.2) is 4.98 Å². The van der Waals surface area contributed by atoms with Crippen LogP contribution in [-0.4, -0.2) is 19.3 Å². The molecule has 0 aliphatic rings. The Morgan fingerprint density at radius 1 is 0.725 bits per heavy atom. The third-order valence-corrected chi connectivity index (χ3v) is 9.89. The fourth-order valence-electron chi connectivity index (χ4n) is 7.22. The van der Waals surface area contributed by atoms with Gasteiger partial charge in [-0.3, -0.25) is 4.68 Å². The Labute approximate surface area is 317 Å². The Bertz CT molecular complexity index is 2330. The quantitative estimate of drug-likeness (QED) is 0.136. The van der Waals surface area contributed by atoms with Crippen molar-refractivity contribution >= 4 is 21.8 Å². The molecule has 0 bridgehead atoms. The van der Waals surface area contributed by atoms with E-state index in [0.717, 1.165) is 56.7 Å². The van der Waals surface area contributed by atoms with Crippen molar-refractivity contribution in [2.24, 2.45) is 0 Å². The molecular weight excluding hydrogens is 808 g/mol. The summed E-state index contributed by atoms with van der Waals surface area (Å²) in [7, 11) is 0. The summed E-state index contributed by atoms with van der Waals surface area (Å²) in [5.41, 5.74) is 12.6. The van der Waals surface area contributed by atoms with E-state index in [1.54, 1.807) is 0 Å². The number of aryl methyl sites for hydroxylation is 2. The molecule has 0 atom stereocenters. The number of hydrogen-bond donors (Lipinski definition) is 0. The number of hydrogen-bond acceptors (Lipinski definition) is 3. The molecule has 4 aromatic carbocycles. The topological polar surface area (TPSA) is 44.9 Å². The van der Waals surface area contributed by atoms with E-state index in [1.807, 2.05) is 16.9 Å². The Morgan fingerprint density at radius 2 is 1.45 bits per heavy atom. The van der Waals surface area contributed by atoms with Gasteiger partial charge in [0.2, 0.25) is 0 Å². The summed E-state index contributed by atoms with van der Waals surface area (Å²) < 4.78 is 10.9. The molecule has 0 radical (unpaired) electrons. The van der Waals surface area contributed by atoms with Crippen molar-refractivity contribution in [3.05, 3.63) is 131 Å². The fraction of sp³-hybridized carbons (Fsp3) is 0.289. The molecule has 3 aromatic heterocycles. The Balaban J connectivity index is 0.00000448. The van der Waals surface area contributed by atoms with Crippen LogP contribution >= 0.6 is 0 Å². The summed E-state index contributed by atoms with van der Waals surface area (Å²) in [6, 6.07) is 35.0. The van der Waals surface area contributed by atoms with Gasteiger partial charge in [0, 0.05) is 34.5 Å². The first-order valence-corrected chi connectivity index (χ1v) is 17.9. The van der Waals surface area contributed by atoms with Crippen molar-refractivity contribution in [2.45, 2.75) is 86.5 Å². The van der Waals surface area contributed by atoms with Crippen LogP contribution < -0.4 is 4.74 Å². The number of nitrogens with zero attached hydrogens (tertiary/aromatic N) is 4. The van der Waals surface area contributed by atoms with Crippen molar-refractivity contribution in [3.8, 4) is 34.1 Å². The van der Waals surface area contributed by atoms with E-state index in [-0.39, 0.29) is 27.0 Å². The minimum Gasteiger partial charge on any atom is -0.509 e. The molecule has 0 aliphatic heterocycles. The second-order valence-electron chi connectivity index (χ2n) is 14.3.